The Morgan fingerprint density at radius 3 is 1.51 bits per heavy atom. The van der Waals surface area contributed by atoms with Gasteiger partial charge in [-0.05, 0) is 138 Å². The molecule has 0 bridgehead atoms. The van der Waals surface area contributed by atoms with Crippen molar-refractivity contribution in [1.29, 1.82) is 0 Å². The molecule has 0 saturated carbocycles. The maximum atomic E-state index is 15.4. The topological polar surface area (TPSA) is 813 Å². The summed E-state index contributed by atoms with van der Waals surface area (Å²) in [6.45, 7) is 7.02. The molecular weight excluding hydrogens is 1750 g/mol. The molecule has 1 aliphatic rings. The van der Waals surface area contributed by atoms with Crippen LogP contribution in [0, 0.1) is 11.8 Å². The van der Waals surface area contributed by atoms with E-state index in [-0.39, 0.29) is 94.8 Å². The second kappa shape index (κ2) is 59.5. The number of nitrogens with two attached hydrogens (primary N) is 8. The van der Waals surface area contributed by atoms with Gasteiger partial charge in [0.25, 0.3) is 0 Å². The van der Waals surface area contributed by atoms with Gasteiger partial charge in [-0.25, -0.2) is 0 Å². The highest BCUT2D eigenvalue weighted by Crippen LogP contribution is 2.25. The van der Waals surface area contributed by atoms with Crippen LogP contribution in [0.3, 0.4) is 0 Å². The standard InChI is InChI=1S/C78H130N26O22S3/c1-38(2)30-50-69(120)94-46(17-12-27-88-77(83)84)65(116)93-47(18-13-28-89-78(85)86)66(117)102-55(73(124)96-49(25-29-127-7)68(119)99-51(64(115)90-34-59(110)111)32-43-19-21-44(106)22-20-43)36-128-129-37-56(103-71(122)53(33-57(80)107)98-63(114)45(79)16-11-26-87-76(81)82)74(125)100-52(31-42-14-9-8-10-15-42)70(121)95-48(23-24-58(108)109)67(118)101-54(35-105)72(123)104-60(39(3)4)75(126)92-40(5)61(112)91-41(6)62(113)97-50/h8-10,14-15,19-22,38-41,45-56,60,76-78,87-89,105-106H,11-13,16-18,23-37,79,81-86H2,1-7H3,(H2,80,107)(H,90,115)(H,91,112)(H,92,126)(H,93,116)(H,94,120)(H,95,121)(H,96,124)(H,97,113)(H,98,114)(H,99,119)(H,100,125)(H,101,118)(H,102,117)(H,103,122)(H,104,123)(H,108,109)(H,110,111)/t40-,41-,45-,46-,47-,48-,49-,50-,51-,52-,53-,54-,55-,56-,60-/m0/s1. The molecule has 15 atom stereocenters. The molecule has 722 valence electrons. The summed E-state index contributed by atoms with van der Waals surface area (Å²) in [6.07, 6.45) is -5.27. The Labute approximate surface area is 758 Å². The van der Waals surface area contributed by atoms with E-state index in [0.29, 0.717) is 32.7 Å². The molecule has 0 unspecified atom stereocenters. The van der Waals surface area contributed by atoms with Crippen molar-refractivity contribution in [2.24, 2.45) is 57.7 Å². The highest BCUT2D eigenvalue weighted by Gasteiger charge is 2.40. The normalized spacial score (nSPS) is 21.9. The first kappa shape index (κ1) is 112. The molecule has 48 nitrogen and oxygen atoms in total. The lowest BCUT2D eigenvalue weighted by Crippen LogP contribution is -2.62. The summed E-state index contributed by atoms with van der Waals surface area (Å²) < 4.78 is 0. The van der Waals surface area contributed by atoms with E-state index < -0.39 is 272 Å². The second-order valence-electron chi connectivity index (χ2n) is 31.3. The number of aliphatic hydroxyl groups excluding tert-OH is 1. The van der Waals surface area contributed by atoms with Crippen LogP contribution in [-0.4, -0.2) is 293 Å². The number of carboxylic acid groups (broad SMARTS) is 2. The number of carboxylic acids is 2. The number of hydrogen-bond acceptors (Lipinski definition) is 33. The molecule has 1 aliphatic heterocycles. The van der Waals surface area contributed by atoms with Crippen LogP contribution in [0.2, 0.25) is 0 Å². The van der Waals surface area contributed by atoms with Gasteiger partial charge >= 0.3 is 11.9 Å². The van der Waals surface area contributed by atoms with Gasteiger partial charge in [0.2, 0.25) is 94.5 Å². The summed E-state index contributed by atoms with van der Waals surface area (Å²) >= 11 is 1.22. The van der Waals surface area contributed by atoms with Gasteiger partial charge in [-0.1, -0.05) is 91.7 Å². The maximum Gasteiger partial charge on any atom is 0.322 e. The van der Waals surface area contributed by atoms with Gasteiger partial charge in [-0.3, -0.25) is 102 Å². The molecule has 3 rings (SSSR count). The lowest BCUT2D eigenvalue weighted by molar-refractivity contribution is -0.139. The molecule has 1 saturated heterocycles. The molecule has 0 aliphatic carbocycles. The lowest BCUT2D eigenvalue weighted by atomic mass is 10.0. The van der Waals surface area contributed by atoms with Crippen LogP contribution >= 0.6 is 33.3 Å². The maximum absolute atomic E-state index is 15.4. The summed E-state index contributed by atoms with van der Waals surface area (Å²) in [5.74, 6) is -22.9. The van der Waals surface area contributed by atoms with Crippen LogP contribution in [0.1, 0.15) is 123 Å². The average molecular weight is 1880 g/mol. The van der Waals surface area contributed by atoms with Gasteiger partial charge < -0.3 is 146 Å². The van der Waals surface area contributed by atoms with Crippen LogP contribution in [0.15, 0.2) is 54.6 Å². The first-order valence-corrected chi connectivity index (χ1v) is 45.6. The van der Waals surface area contributed by atoms with Crippen LogP contribution < -0.4 is 142 Å². The largest absolute Gasteiger partial charge is 0.508 e. The molecule has 51 heteroatoms. The smallest absolute Gasteiger partial charge is 0.322 e. The number of carbonyl (C=O) groups excluding carboxylic acids is 16. The molecule has 1 heterocycles. The minimum Gasteiger partial charge on any atom is -0.508 e. The van der Waals surface area contributed by atoms with Gasteiger partial charge in [0.05, 0.1) is 19.1 Å². The monoisotopic (exact) mass is 1880 g/mol. The zero-order chi connectivity index (χ0) is 96.7. The van der Waals surface area contributed by atoms with E-state index in [9.17, 15) is 82.8 Å². The zero-order valence-corrected chi connectivity index (χ0v) is 75.5. The van der Waals surface area contributed by atoms with Gasteiger partial charge in [0.1, 0.15) is 116 Å². The Hall–Kier alpha value is -10.7. The van der Waals surface area contributed by atoms with Crippen molar-refractivity contribution in [3.05, 3.63) is 65.7 Å². The average Bonchev–Trinajstić information content (AvgIpc) is 0.864. The molecule has 0 spiro atoms. The van der Waals surface area contributed by atoms with Crippen molar-refractivity contribution >= 4 is 140 Å². The van der Waals surface area contributed by atoms with Gasteiger partial charge in [-0.2, -0.15) is 11.8 Å². The Morgan fingerprint density at radius 1 is 0.496 bits per heavy atom. The molecule has 0 radical (unpaired) electrons. The number of aliphatic carboxylic acids is 2. The molecule has 129 heavy (non-hydrogen) atoms. The minimum absolute atomic E-state index is 0.0135. The number of nitrogens with one attached hydrogen (secondary N) is 18. The number of hydrogen-bond donors (Lipinski definition) is 30. The molecule has 38 N–H and O–H groups in total. The first-order chi connectivity index (χ1) is 60.8. The van der Waals surface area contributed by atoms with Crippen LogP contribution in [-0.2, 0) is 99.1 Å². The Balaban J connectivity index is 2.52. The quantitative estimate of drug-likeness (QED) is 0.0167. The fourth-order valence-electron chi connectivity index (χ4n) is 12.4. The third kappa shape index (κ3) is 44.5. The highest BCUT2D eigenvalue weighted by atomic mass is 33.1. The first-order valence-electron chi connectivity index (χ1n) is 41.7. The number of thioether (sulfide) groups is 1. The number of aromatic hydroxyl groups is 1. The summed E-state index contributed by atoms with van der Waals surface area (Å²) in [4.78, 5) is 255. The van der Waals surface area contributed by atoms with E-state index in [1.54, 1.807) is 38.3 Å². The van der Waals surface area contributed by atoms with Crippen molar-refractivity contribution in [1.82, 2.24) is 95.7 Å². The number of primary amides is 1. The molecule has 16 amide bonds. The Kier molecular flexibility index (Phi) is 51.9. The molecule has 0 aromatic heterocycles. The van der Waals surface area contributed by atoms with Crippen LogP contribution in [0.25, 0.3) is 0 Å². The molecule has 2 aromatic rings. The number of phenols is 1. The number of rotatable bonds is 42. The summed E-state index contributed by atoms with van der Waals surface area (Å²) in [7, 11) is 1.39. The second-order valence-corrected chi connectivity index (χ2v) is 34.8. The van der Waals surface area contributed by atoms with Crippen molar-refractivity contribution in [3.8, 4) is 5.75 Å². The van der Waals surface area contributed by atoms with Crippen molar-refractivity contribution in [2.75, 3.05) is 56.3 Å². The van der Waals surface area contributed by atoms with Crippen molar-refractivity contribution in [2.45, 2.75) is 235 Å². The van der Waals surface area contributed by atoms with Gasteiger partial charge in [0.15, 0.2) is 0 Å². The van der Waals surface area contributed by atoms with Crippen molar-refractivity contribution < 1.29 is 107 Å². The van der Waals surface area contributed by atoms with E-state index in [4.69, 9.17) is 45.9 Å². The van der Waals surface area contributed by atoms with Crippen LogP contribution in [0.5, 0.6) is 5.75 Å². The SMILES string of the molecule is CSCC[C@H](NC(=O)[C@@H]1CSSC[C@H](NC(=O)[C@H](CC(N)=O)NC(=O)[C@@H](N)CCCNC(N)N)C(=O)N[C@@H](Cc2ccccc2)C(=O)N[C@@H](CCC(=O)O)C(=O)N[C@@H](CO)C(=O)N[C@@H](C(C)C)C(=O)N[C@@H](C)C(=O)N[C@@H](C)C(=O)N[C@@H](CC(C)C)C(=O)N[C@@H](CCCNC(N)N)C(=O)N[C@@H](CCCNC(N)N)C(=O)N1)C(=O)N[C@@H](Cc1ccc(O)cc1)C(=O)NCC(=O)O. The van der Waals surface area contributed by atoms with E-state index in [1.807, 2.05) is 0 Å². The van der Waals surface area contributed by atoms with Crippen LogP contribution in [0.4, 0.5) is 0 Å². The fraction of sp³-hybridized carbons (Fsp3) is 0.615. The summed E-state index contributed by atoms with van der Waals surface area (Å²) in [5.41, 5.74) is 46.9. The Bertz CT molecular complexity index is 4040. The molecule has 1 fully saturated rings. The summed E-state index contributed by atoms with van der Waals surface area (Å²) in [5, 5.41) is 85.8. The molecular formula is C78H130N26O22S3. The van der Waals surface area contributed by atoms with Gasteiger partial charge in [-0.15, -0.1) is 0 Å². The summed E-state index contributed by atoms with van der Waals surface area (Å²) in [6, 6.07) is -11.9. The lowest BCUT2D eigenvalue weighted by Gasteiger charge is -2.28. The number of aliphatic hydroxyl groups is 1. The third-order valence-electron chi connectivity index (χ3n) is 19.4. The van der Waals surface area contributed by atoms with E-state index in [1.165, 1.54) is 75.9 Å². The number of amides is 16. The zero-order valence-electron chi connectivity index (χ0n) is 73.1. The predicted octanol–water partition coefficient (Wildman–Crippen LogP) is -10.2. The Morgan fingerprint density at radius 2 is 0.984 bits per heavy atom. The van der Waals surface area contributed by atoms with E-state index in [0.717, 1.165) is 0 Å². The number of benzene rings is 2. The number of carbonyl (C=O) groups is 18. The van der Waals surface area contributed by atoms with Crippen molar-refractivity contribution in [3.63, 3.8) is 0 Å². The van der Waals surface area contributed by atoms with E-state index >= 15 is 24.0 Å². The fourth-order valence-corrected chi connectivity index (χ4v) is 15.2. The minimum atomic E-state index is -1.96. The highest BCUT2D eigenvalue weighted by molar-refractivity contribution is 8.76. The third-order valence-corrected chi connectivity index (χ3v) is 22.5. The molecule has 2 aromatic carbocycles. The van der Waals surface area contributed by atoms with E-state index in [2.05, 4.69) is 95.7 Å². The van der Waals surface area contributed by atoms with Gasteiger partial charge in [0, 0.05) is 30.8 Å². The predicted molar refractivity (Wildman–Crippen MR) is 477 cm³/mol. The number of phenolic OH excluding ortho intramolecular Hbond substituents is 1.